The van der Waals surface area contributed by atoms with Gasteiger partial charge >= 0.3 is 0 Å². The predicted octanol–water partition coefficient (Wildman–Crippen LogP) is 4.63. The van der Waals surface area contributed by atoms with E-state index in [9.17, 15) is 5.11 Å². The minimum absolute atomic E-state index is 0.0895. The Morgan fingerprint density at radius 1 is 0.968 bits per heavy atom. The first-order chi connectivity index (χ1) is 15.0. The number of aliphatic hydroxyl groups is 1. The summed E-state index contributed by atoms with van der Waals surface area (Å²) in [6.07, 6.45) is 7.02. The maximum atomic E-state index is 12.1. The number of hydrogen-bond donors (Lipinski definition) is 1. The van der Waals surface area contributed by atoms with Crippen molar-refractivity contribution in [2.24, 2.45) is 5.92 Å². The van der Waals surface area contributed by atoms with Crippen molar-refractivity contribution in [3.63, 3.8) is 0 Å². The maximum Gasteiger partial charge on any atom is 0.124 e. The van der Waals surface area contributed by atoms with E-state index in [0.717, 1.165) is 37.4 Å². The number of likely N-dealkylation sites (tertiary alicyclic amines) is 1. The van der Waals surface area contributed by atoms with Crippen LogP contribution in [0.5, 0.6) is 5.75 Å². The van der Waals surface area contributed by atoms with E-state index in [1.807, 2.05) is 24.3 Å². The van der Waals surface area contributed by atoms with Crippen LogP contribution in [0.15, 0.2) is 54.6 Å². The lowest BCUT2D eigenvalue weighted by Crippen LogP contribution is -2.59. The van der Waals surface area contributed by atoms with E-state index in [-0.39, 0.29) is 11.5 Å². The molecule has 2 fully saturated rings. The number of para-hydroxylation sites is 1. The average molecular weight is 423 g/mol. The molecule has 1 aliphatic heterocycles. The van der Waals surface area contributed by atoms with Crippen molar-refractivity contribution in [2.75, 3.05) is 40.8 Å². The quantitative estimate of drug-likeness (QED) is 0.737. The Hall–Kier alpha value is -1.88. The monoisotopic (exact) mass is 422 g/mol. The topological polar surface area (TPSA) is 35.9 Å². The maximum absolute atomic E-state index is 12.1. The van der Waals surface area contributed by atoms with E-state index in [1.54, 1.807) is 7.11 Å². The lowest BCUT2D eigenvalue weighted by molar-refractivity contribution is -0.116. The van der Waals surface area contributed by atoms with Crippen molar-refractivity contribution in [3.8, 4) is 5.75 Å². The van der Waals surface area contributed by atoms with Crippen LogP contribution in [0.1, 0.15) is 49.7 Å². The Kier molecular flexibility index (Phi) is 6.71. The molecule has 168 valence electrons. The van der Waals surface area contributed by atoms with Gasteiger partial charge in [-0.3, -0.25) is 4.90 Å². The summed E-state index contributed by atoms with van der Waals surface area (Å²) in [4.78, 5) is 4.92. The fourth-order valence-electron chi connectivity index (χ4n) is 6.09. The van der Waals surface area contributed by atoms with Gasteiger partial charge in [-0.1, -0.05) is 67.8 Å². The number of nitrogens with zero attached hydrogens (tertiary/aromatic N) is 2. The van der Waals surface area contributed by atoms with E-state index in [4.69, 9.17) is 4.74 Å². The molecule has 1 saturated heterocycles. The normalized spacial score (nSPS) is 26.7. The summed E-state index contributed by atoms with van der Waals surface area (Å²) in [5.41, 5.74) is 1.58. The number of rotatable bonds is 6. The molecule has 0 radical (unpaired) electrons. The molecule has 0 bridgehead atoms. The van der Waals surface area contributed by atoms with Gasteiger partial charge in [-0.05, 0) is 45.0 Å². The van der Waals surface area contributed by atoms with E-state index in [2.05, 4.69) is 54.2 Å². The highest BCUT2D eigenvalue weighted by Crippen LogP contribution is 2.48. The van der Waals surface area contributed by atoms with E-state index >= 15 is 0 Å². The SMILES string of the molecule is COc1ccccc1C1(O)CCN(C2(c3ccccc3)CCCCC2)CC1CN(C)C. The molecule has 1 saturated carbocycles. The molecule has 4 rings (SSSR count). The molecule has 4 heteroatoms. The van der Waals surface area contributed by atoms with Gasteiger partial charge in [-0.25, -0.2) is 0 Å². The largest absolute Gasteiger partial charge is 0.496 e. The Labute approximate surface area is 187 Å². The molecule has 2 atom stereocenters. The van der Waals surface area contributed by atoms with Gasteiger partial charge < -0.3 is 14.7 Å². The van der Waals surface area contributed by atoms with Crippen molar-refractivity contribution in [1.29, 1.82) is 0 Å². The highest BCUT2D eigenvalue weighted by Gasteiger charge is 2.49. The van der Waals surface area contributed by atoms with Crippen LogP contribution in [0, 0.1) is 5.92 Å². The van der Waals surface area contributed by atoms with Crippen LogP contribution in [0.4, 0.5) is 0 Å². The van der Waals surface area contributed by atoms with Crippen LogP contribution in [0.3, 0.4) is 0 Å². The minimum Gasteiger partial charge on any atom is -0.496 e. The van der Waals surface area contributed by atoms with E-state index in [1.165, 1.54) is 37.7 Å². The summed E-state index contributed by atoms with van der Waals surface area (Å²) >= 11 is 0. The van der Waals surface area contributed by atoms with Gasteiger partial charge in [0.1, 0.15) is 5.75 Å². The fraction of sp³-hybridized carbons (Fsp3) is 0.556. The molecule has 2 aliphatic rings. The van der Waals surface area contributed by atoms with Crippen LogP contribution >= 0.6 is 0 Å². The highest BCUT2D eigenvalue weighted by atomic mass is 16.5. The lowest BCUT2D eigenvalue weighted by Gasteiger charge is -2.54. The zero-order valence-electron chi connectivity index (χ0n) is 19.4. The number of piperidine rings is 1. The van der Waals surface area contributed by atoms with Crippen molar-refractivity contribution in [2.45, 2.75) is 49.7 Å². The third-order valence-corrected chi connectivity index (χ3v) is 7.64. The van der Waals surface area contributed by atoms with Crippen molar-refractivity contribution < 1.29 is 9.84 Å². The first-order valence-corrected chi connectivity index (χ1v) is 11.8. The van der Waals surface area contributed by atoms with Crippen LogP contribution in [-0.4, -0.2) is 55.7 Å². The molecular formula is C27H38N2O2. The first-order valence-electron chi connectivity index (χ1n) is 11.8. The molecular weight excluding hydrogens is 384 g/mol. The third-order valence-electron chi connectivity index (χ3n) is 7.64. The van der Waals surface area contributed by atoms with E-state index < -0.39 is 5.60 Å². The molecule has 31 heavy (non-hydrogen) atoms. The van der Waals surface area contributed by atoms with Crippen LogP contribution in [0.25, 0.3) is 0 Å². The molecule has 2 aromatic rings. The lowest BCUT2D eigenvalue weighted by atomic mass is 9.70. The van der Waals surface area contributed by atoms with Crippen LogP contribution in [-0.2, 0) is 11.1 Å². The second kappa shape index (κ2) is 9.32. The molecule has 2 unspecified atom stereocenters. The smallest absolute Gasteiger partial charge is 0.124 e. The summed E-state index contributed by atoms with van der Waals surface area (Å²) < 4.78 is 5.66. The zero-order valence-corrected chi connectivity index (χ0v) is 19.4. The molecule has 2 aromatic carbocycles. The Bertz CT molecular complexity index is 847. The number of benzene rings is 2. The summed E-state index contributed by atoms with van der Waals surface area (Å²) in [5, 5.41) is 12.1. The zero-order chi connectivity index (χ0) is 21.9. The summed E-state index contributed by atoms with van der Waals surface area (Å²) in [5.74, 6) is 0.896. The van der Waals surface area contributed by atoms with Crippen molar-refractivity contribution in [1.82, 2.24) is 9.80 Å². The molecule has 0 spiro atoms. The molecule has 0 amide bonds. The van der Waals surface area contributed by atoms with Crippen LogP contribution < -0.4 is 4.74 Å². The van der Waals surface area contributed by atoms with Gasteiger partial charge in [0.2, 0.25) is 0 Å². The van der Waals surface area contributed by atoms with Gasteiger partial charge in [0.15, 0.2) is 0 Å². The first kappa shape index (κ1) is 22.3. The van der Waals surface area contributed by atoms with Gasteiger partial charge in [-0.15, -0.1) is 0 Å². The second-order valence-corrected chi connectivity index (χ2v) is 9.74. The number of ether oxygens (including phenoxy) is 1. The fourth-order valence-corrected chi connectivity index (χ4v) is 6.09. The van der Waals surface area contributed by atoms with Crippen LogP contribution in [0.2, 0.25) is 0 Å². The van der Waals surface area contributed by atoms with Gasteiger partial charge in [0.05, 0.1) is 12.7 Å². The number of hydrogen-bond acceptors (Lipinski definition) is 4. The van der Waals surface area contributed by atoms with Gasteiger partial charge in [0.25, 0.3) is 0 Å². The Morgan fingerprint density at radius 2 is 1.65 bits per heavy atom. The molecule has 0 aromatic heterocycles. The third kappa shape index (κ3) is 4.26. The van der Waals surface area contributed by atoms with Crippen molar-refractivity contribution >= 4 is 0 Å². The Morgan fingerprint density at radius 3 is 2.32 bits per heavy atom. The molecule has 1 heterocycles. The average Bonchev–Trinajstić information content (AvgIpc) is 2.81. The predicted molar refractivity (Wildman–Crippen MR) is 126 cm³/mol. The molecule has 1 N–H and O–H groups in total. The standard InChI is InChI=1S/C27H38N2O2/c1-28(2)20-23-21-29(19-18-27(23,30)24-14-8-9-15-25(24)31-3)26(16-10-5-11-17-26)22-12-6-4-7-13-22/h4,6-9,12-15,23,30H,5,10-11,16-21H2,1-3H3. The highest BCUT2D eigenvalue weighted by molar-refractivity contribution is 5.39. The van der Waals surface area contributed by atoms with Crippen molar-refractivity contribution in [3.05, 3.63) is 65.7 Å². The number of methoxy groups -OCH3 is 1. The molecule has 1 aliphatic carbocycles. The Balaban J connectivity index is 1.70. The molecule has 4 nitrogen and oxygen atoms in total. The minimum atomic E-state index is -0.889. The summed E-state index contributed by atoms with van der Waals surface area (Å²) in [6, 6.07) is 19.1. The van der Waals surface area contributed by atoms with Gasteiger partial charge in [0, 0.05) is 36.7 Å². The van der Waals surface area contributed by atoms with Gasteiger partial charge in [-0.2, -0.15) is 0 Å². The summed E-state index contributed by atoms with van der Waals surface area (Å²) in [6.45, 7) is 2.63. The second-order valence-electron chi connectivity index (χ2n) is 9.74. The van der Waals surface area contributed by atoms with E-state index in [0.29, 0.717) is 0 Å². The summed E-state index contributed by atoms with van der Waals surface area (Å²) in [7, 11) is 5.91.